The van der Waals surface area contributed by atoms with Gasteiger partial charge in [0.15, 0.2) is 5.78 Å². The minimum Gasteiger partial charge on any atom is -0.465 e. The van der Waals surface area contributed by atoms with Gasteiger partial charge in [-0.2, -0.15) is 0 Å². The van der Waals surface area contributed by atoms with Crippen molar-refractivity contribution in [2.24, 2.45) is 0 Å². The van der Waals surface area contributed by atoms with Gasteiger partial charge in [-0.15, -0.1) is 0 Å². The minimum absolute atomic E-state index is 0.215. The molecule has 1 aliphatic rings. The fraction of sp³-hybridized carbons (Fsp3) is 0.300. The molecule has 1 heterocycles. The molecule has 0 saturated carbocycles. The quantitative estimate of drug-likeness (QED) is 0.634. The molecular formula is C10H10O2. The second-order valence-corrected chi connectivity index (χ2v) is 2.97. The first-order chi connectivity index (χ1) is 5.86. The summed E-state index contributed by atoms with van der Waals surface area (Å²) in [6.45, 7) is 0. The Morgan fingerprint density at radius 1 is 1.33 bits per heavy atom. The molecule has 2 nitrogen and oxygen atoms in total. The molecule has 62 valence electrons. The minimum atomic E-state index is 0.215. The maximum absolute atomic E-state index is 11.1. The number of carbonyl (C=O) groups excluding carboxylic acids is 1. The molecule has 0 amide bonds. The van der Waals surface area contributed by atoms with Gasteiger partial charge in [0, 0.05) is 6.42 Å². The zero-order valence-electron chi connectivity index (χ0n) is 6.75. The highest BCUT2D eigenvalue weighted by Crippen LogP contribution is 2.25. The average molecular weight is 162 g/mol. The fourth-order valence-corrected chi connectivity index (χ4v) is 1.45. The number of hydrogen-bond acceptors (Lipinski definition) is 2. The lowest BCUT2D eigenvalue weighted by molar-refractivity contribution is -0.114. The van der Waals surface area contributed by atoms with Gasteiger partial charge in [-0.05, 0) is 36.6 Å². The molecule has 2 heteroatoms. The van der Waals surface area contributed by atoms with Crippen LogP contribution in [-0.4, -0.2) is 5.78 Å². The largest absolute Gasteiger partial charge is 0.465 e. The Kier molecular flexibility index (Phi) is 1.82. The summed E-state index contributed by atoms with van der Waals surface area (Å²) < 4.78 is 5.20. The Labute approximate surface area is 70.9 Å². The number of rotatable bonds is 1. The highest BCUT2D eigenvalue weighted by molar-refractivity contribution is 5.97. The van der Waals surface area contributed by atoms with E-state index in [-0.39, 0.29) is 5.78 Å². The summed E-state index contributed by atoms with van der Waals surface area (Å²) in [4.78, 5) is 11.1. The van der Waals surface area contributed by atoms with Crippen molar-refractivity contribution in [3.8, 4) is 0 Å². The van der Waals surface area contributed by atoms with Crippen LogP contribution in [0, 0.1) is 0 Å². The number of ketones is 1. The number of carbonyl (C=O) groups is 1. The highest BCUT2D eigenvalue weighted by atomic mass is 16.3. The van der Waals surface area contributed by atoms with Gasteiger partial charge in [-0.25, -0.2) is 0 Å². The third kappa shape index (κ3) is 1.33. The fourth-order valence-electron chi connectivity index (χ4n) is 1.45. The van der Waals surface area contributed by atoms with E-state index in [0.717, 1.165) is 24.2 Å². The lowest BCUT2D eigenvalue weighted by Gasteiger charge is -2.08. The summed E-state index contributed by atoms with van der Waals surface area (Å²) in [6.07, 6.45) is 5.92. The molecule has 0 N–H and O–H groups in total. The molecule has 0 spiro atoms. The van der Waals surface area contributed by atoms with Gasteiger partial charge < -0.3 is 4.42 Å². The van der Waals surface area contributed by atoms with Gasteiger partial charge in [0.2, 0.25) is 0 Å². The second-order valence-electron chi connectivity index (χ2n) is 2.97. The maximum Gasteiger partial charge on any atom is 0.156 e. The van der Waals surface area contributed by atoms with E-state index in [1.165, 1.54) is 0 Å². The van der Waals surface area contributed by atoms with Crippen LogP contribution >= 0.6 is 0 Å². The van der Waals surface area contributed by atoms with Crippen LogP contribution < -0.4 is 0 Å². The van der Waals surface area contributed by atoms with Crippen molar-refractivity contribution >= 4 is 11.4 Å². The zero-order valence-corrected chi connectivity index (χ0v) is 6.75. The van der Waals surface area contributed by atoms with Crippen molar-refractivity contribution in [1.29, 1.82) is 0 Å². The summed E-state index contributed by atoms with van der Waals surface area (Å²) >= 11 is 0. The van der Waals surface area contributed by atoms with Crippen LogP contribution in [0.3, 0.4) is 0 Å². The van der Waals surface area contributed by atoms with Crippen molar-refractivity contribution in [3.05, 3.63) is 30.2 Å². The highest BCUT2D eigenvalue weighted by Gasteiger charge is 2.12. The standard InChI is InChI=1S/C10H10O2/c11-9-4-1-3-8(7-9)10-5-2-6-12-10/h2,5-7H,1,3-4H2. The first-order valence-corrected chi connectivity index (χ1v) is 4.13. The van der Waals surface area contributed by atoms with E-state index in [2.05, 4.69) is 0 Å². The summed E-state index contributed by atoms with van der Waals surface area (Å²) in [5.74, 6) is 1.05. The molecule has 1 aliphatic carbocycles. The zero-order chi connectivity index (χ0) is 8.39. The molecule has 0 aliphatic heterocycles. The van der Waals surface area contributed by atoms with Crippen LogP contribution in [0.1, 0.15) is 25.0 Å². The Morgan fingerprint density at radius 3 is 2.92 bits per heavy atom. The molecule has 0 bridgehead atoms. The van der Waals surface area contributed by atoms with Crippen LogP contribution in [0.25, 0.3) is 5.57 Å². The van der Waals surface area contributed by atoms with E-state index >= 15 is 0 Å². The number of furan rings is 1. The van der Waals surface area contributed by atoms with E-state index in [4.69, 9.17) is 4.42 Å². The molecule has 0 aromatic carbocycles. The van der Waals surface area contributed by atoms with Crippen molar-refractivity contribution in [1.82, 2.24) is 0 Å². The van der Waals surface area contributed by atoms with Crippen molar-refractivity contribution in [3.63, 3.8) is 0 Å². The maximum atomic E-state index is 11.1. The Morgan fingerprint density at radius 2 is 2.25 bits per heavy atom. The van der Waals surface area contributed by atoms with E-state index < -0.39 is 0 Å². The van der Waals surface area contributed by atoms with Crippen LogP contribution in [0.5, 0.6) is 0 Å². The van der Waals surface area contributed by atoms with Crippen molar-refractivity contribution < 1.29 is 9.21 Å². The molecule has 0 fully saturated rings. The summed E-state index contributed by atoms with van der Waals surface area (Å²) in [6, 6.07) is 3.74. The van der Waals surface area contributed by atoms with E-state index in [1.807, 2.05) is 12.1 Å². The first-order valence-electron chi connectivity index (χ1n) is 4.13. The van der Waals surface area contributed by atoms with Gasteiger partial charge >= 0.3 is 0 Å². The normalized spacial score (nSPS) is 17.7. The van der Waals surface area contributed by atoms with Crippen LogP contribution in [-0.2, 0) is 4.79 Å². The van der Waals surface area contributed by atoms with Gasteiger partial charge in [-0.1, -0.05) is 0 Å². The van der Waals surface area contributed by atoms with Gasteiger partial charge in [0.1, 0.15) is 5.76 Å². The lowest BCUT2D eigenvalue weighted by atomic mass is 9.97. The average Bonchev–Trinajstić information content (AvgIpc) is 2.56. The van der Waals surface area contributed by atoms with Gasteiger partial charge in [0.25, 0.3) is 0 Å². The Hall–Kier alpha value is -1.31. The van der Waals surface area contributed by atoms with Crippen LogP contribution in [0.4, 0.5) is 0 Å². The van der Waals surface area contributed by atoms with Crippen LogP contribution in [0.2, 0.25) is 0 Å². The van der Waals surface area contributed by atoms with Gasteiger partial charge in [0.05, 0.1) is 6.26 Å². The number of hydrogen-bond donors (Lipinski definition) is 0. The summed E-state index contributed by atoms with van der Waals surface area (Å²) in [7, 11) is 0. The summed E-state index contributed by atoms with van der Waals surface area (Å²) in [5.41, 5.74) is 1.04. The molecule has 0 radical (unpaired) electrons. The smallest absolute Gasteiger partial charge is 0.156 e. The Bertz CT molecular complexity index is 307. The molecule has 1 aromatic heterocycles. The summed E-state index contributed by atoms with van der Waals surface area (Å²) in [5, 5.41) is 0. The first kappa shape index (κ1) is 7.35. The van der Waals surface area contributed by atoms with Crippen LogP contribution in [0.15, 0.2) is 28.9 Å². The number of allylic oxidation sites excluding steroid dienone is 2. The molecule has 2 rings (SSSR count). The van der Waals surface area contributed by atoms with Gasteiger partial charge in [-0.3, -0.25) is 4.79 Å². The molecule has 0 unspecified atom stereocenters. The third-order valence-corrected chi connectivity index (χ3v) is 2.04. The third-order valence-electron chi connectivity index (χ3n) is 2.04. The predicted octanol–water partition coefficient (Wildman–Crippen LogP) is 2.42. The molecule has 0 saturated heterocycles. The molecule has 0 atom stereocenters. The van der Waals surface area contributed by atoms with Crippen molar-refractivity contribution in [2.75, 3.05) is 0 Å². The Balaban J connectivity index is 2.29. The van der Waals surface area contributed by atoms with E-state index in [0.29, 0.717) is 6.42 Å². The van der Waals surface area contributed by atoms with E-state index in [1.54, 1.807) is 12.3 Å². The lowest BCUT2D eigenvalue weighted by Crippen LogP contribution is -2.01. The van der Waals surface area contributed by atoms with E-state index in [9.17, 15) is 4.79 Å². The molecule has 1 aromatic rings. The molecular weight excluding hydrogens is 152 g/mol. The second kappa shape index (κ2) is 2.97. The topological polar surface area (TPSA) is 30.2 Å². The monoisotopic (exact) mass is 162 g/mol. The van der Waals surface area contributed by atoms with Crippen molar-refractivity contribution in [2.45, 2.75) is 19.3 Å². The SMILES string of the molecule is O=C1C=C(c2ccco2)CCC1. The molecule has 12 heavy (non-hydrogen) atoms. The predicted molar refractivity (Wildman–Crippen MR) is 45.5 cm³/mol.